The Morgan fingerprint density at radius 3 is 2.54 bits per heavy atom. The van der Waals surface area contributed by atoms with Gasteiger partial charge in [-0.05, 0) is 51.1 Å². The maximum Gasteiger partial charge on any atom is 0.410 e. The highest BCUT2D eigenvalue weighted by Gasteiger charge is 2.26. The number of benzene rings is 1. The van der Waals surface area contributed by atoms with Crippen molar-refractivity contribution in [3.63, 3.8) is 0 Å². The Morgan fingerprint density at radius 1 is 1.18 bits per heavy atom. The lowest BCUT2D eigenvalue weighted by atomic mass is 10.2. The molecule has 1 aliphatic heterocycles. The molecule has 1 aliphatic rings. The third-order valence-electron chi connectivity index (χ3n) is 4.21. The molecule has 2 heterocycles. The van der Waals surface area contributed by atoms with Crippen LogP contribution in [0.25, 0.3) is 0 Å². The molecule has 1 fully saturated rings. The normalized spacial score (nSPS) is 14.5. The molecule has 1 amide bonds. The van der Waals surface area contributed by atoms with Crippen molar-refractivity contribution in [3.05, 3.63) is 48.2 Å². The Labute approximate surface area is 170 Å². The number of hydrogen-bond acceptors (Lipinski definition) is 6. The van der Waals surface area contributed by atoms with Crippen LogP contribution in [-0.2, 0) is 4.74 Å². The first-order valence-corrected chi connectivity index (χ1v) is 10.0. The number of carbonyl (C=O) groups is 1. The second-order valence-corrected chi connectivity index (χ2v) is 8.58. The third kappa shape index (κ3) is 5.17. The van der Waals surface area contributed by atoms with Crippen LogP contribution in [-0.4, -0.2) is 47.8 Å². The molecule has 6 nitrogen and oxygen atoms in total. The van der Waals surface area contributed by atoms with Crippen LogP contribution in [0.5, 0.6) is 0 Å². The van der Waals surface area contributed by atoms with E-state index in [9.17, 15) is 10.1 Å². The first-order chi connectivity index (χ1) is 13.4. The minimum absolute atomic E-state index is 0.268. The Kier molecular flexibility index (Phi) is 6.10. The van der Waals surface area contributed by atoms with E-state index in [0.29, 0.717) is 31.7 Å². The molecule has 7 heteroatoms. The number of aromatic nitrogens is 1. The van der Waals surface area contributed by atoms with E-state index in [-0.39, 0.29) is 6.09 Å². The Hall–Kier alpha value is -2.72. The number of rotatable bonds is 3. The topological polar surface area (TPSA) is 69.5 Å². The van der Waals surface area contributed by atoms with Gasteiger partial charge in [0.15, 0.2) is 0 Å². The van der Waals surface area contributed by atoms with Gasteiger partial charge in [-0.3, -0.25) is 0 Å². The van der Waals surface area contributed by atoms with E-state index in [1.807, 2.05) is 57.2 Å². The van der Waals surface area contributed by atoms with Gasteiger partial charge in [-0.2, -0.15) is 5.26 Å². The van der Waals surface area contributed by atoms with E-state index >= 15 is 0 Å². The highest BCUT2D eigenvalue weighted by molar-refractivity contribution is 7.99. The van der Waals surface area contributed by atoms with E-state index in [0.717, 1.165) is 15.6 Å². The number of nitrogens with zero attached hydrogens (tertiary/aromatic N) is 4. The summed E-state index contributed by atoms with van der Waals surface area (Å²) >= 11 is 1.54. The lowest BCUT2D eigenvalue weighted by Gasteiger charge is -2.37. The molecule has 0 atom stereocenters. The zero-order chi connectivity index (χ0) is 20.1. The van der Waals surface area contributed by atoms with E-state index in [4.69, 9.17) is 4.74 Å². The monoisotopic (exact) mass is 396 g/mol. The van der Waals surface area contributed by atoms with Crippen LogP contribution in [0.4, 0.5) is 10.5 Å². The van der Waals surface area contributed by atoms with Crippen LogP contribution in [0.15, 0.2) is 52.5 Å². The quantitative estimate of drug-likeness (QED) is 0.776. The summed E-state index contributed by atoms with van der Waals surface area (Å²) < 4.78 is 5.47. The highest BCUT2D eigenvalue weighted by atomic mass is 32.2. The number of amides is 1. The molecule has 1 aromatic heterocycles. The standard InChI is InChI=1S/C21H24N4O2S/c1-21(2,3)27-20(26)25-12-10-24(11-13-25)17-8-7-16(15-22)14-18(17)28-19-6-4-5-9-23-19/h4-9,14H,10-13H2,1-3H3. The number of ether oxygens (including phenoxy) is 1. The van der Waals surface area contributed by atoms with Crippen molar-refractivity contribution in [2.75, 3.05) is 31.1 Å². The number of hydrogen-bond donors (Lipinski definition) is 0. The summed E-state index contributed by atoms with van der Waals surface area (Å²) in [5.41, 5.74) is 1.18. The molecule has 0 spiro atoms. The van der Waals surface area contributed by atoms with Crippen molar-refractivity contribution in [2.24, 2.45) is 0 Å². The molecule has 1 aromatic carbocycles. The van der Waals surface area contributed by atoms with Gasteiger partial charge in [-0.1, -0.05) is 17.8 Å². The summed E-state index contributed by atoms with van der Waals surface area (Å²) in [7, 11) is 0. The highest BCUT2D eigenvalue weighted by Crippen LogP contribution is 2.35. The number of piperazine rings is 1. The van der Waals surface area contributed by atoms with Crippen LogP contribution in [0.3, 0.4) is 0 Å². The van der Waals surface area contributed by atoms with Crippen molar-refractivity contribution >= 4 is 23.5 Å². The Bertz CT molecular complexity index is 866. The van der Waals surface area contributed by atoms with E-state index in [1.54, 1.807) is 22.9 Å². The fourth-order valence-corrected chi connectivity index (χ4v) is 3.88. The fourth-order valence-electron chi connectivity index (χ4n) is 2.90. The molecule has 0 unspecified atom stereocenters. The van der Waals surface area contributed by atoms with Crippen LogP contribution >= 0.6 is 11.8 Å². The molecule has 0 bridgehead atoms. The van der Waals surface area contributed by atoms with Crippen molar-refractivity contribution in [3.8, 4) is 6.07 Å². The summed E-state index contributed by atoms with van der Waals surface area (Å²) in [6.07, 6.45) is 1.49. The van der Waals surface area contributed by atoms with Crippen molar-refractivity contribution < 1.29 is 9.53 Å². The van der Waals surface area contributed by atoms with Crippen LogP contribution in [0.2, 0.25) is 0 Å². The first-order valence-electron chi connectivity index (χ1n) is 9.21. The van der Waals surface area contributed by atoms with Gasteiger partial charge < -0.3 is 14.5 Å². The number of anilines is 1. The summed E-state index contributed by atoms with van der Waals surface area (Å²) in [6.45, 7) is 8.24. The molecule has 2 aromatic rings. The molecule has 146 valence electrons. The average Bonchev–Trinajstić information content (AvgIpc) is 2.67. The van der Waals surface area contributed by atoms with Crippen LogP contribution in [0, 0.1) is 11.3 Å². The molecular formula is C21H24N4O2S. The lowest BCUT2D eigenvalue weighted by molar-refractivity contribution is 0.0240. The summed E-state index contributed by atoms with van der Waals surface area (Å²) in [4.78, 5) is 21.6. The molecule has 0 N–H and O–H groups in total. The first kappa shape index (κ1) is 20.0. The van der Waals surface area contributed by atoms with Crippen molar-refractivity contribution in [2.45, 2.75) is 36.3 Å². The van der Waals surface area contributed by atoms with Crippen LogP contribution in [0.1, 0.15) is 26.3 Å². The maximum atomic E-state index is 12.3. The van der Waals surface area contributed by atoms with Gasteiger partial charge in [0.25, 0.3) is 0 Å². The third-order valence-corrected chi connectivity index (χ3v) is 5.21. The summed E-state index contributed by atoms with van der Waals surface area (Å²) in [5, 5.41) is 10.2. The van der Waals surface area contributed by atoms with E-state index < -0.39 is 5.60 Å². The maximum absolute atomic E-state index is 12.3. The van der Waals surface area contributed by atoms with Gasteiger partial charge in [0, 0.05) is 37.3 Å². The smallest absolute Gasteiger partial charge is 0.410 e. The number of carbonyl (C=O) groups excluding carboxylic acids is 1. The van der Waals surface area contributed by atoms with Crippen LogP contribution < -0.4 is 4.90 Å². The minimum Gasteiger partial charge on any atom is -0.444 e. The molecular weight excluding hydrogens is 372 g/mol. The van der Waals surface area contributed by atoms with Gasteiger partial charge in [-0.25, -0.2) is 9.78 Å². The van der Waals surface area contributed by atoms with Gasteiger partial charge in [-0.15, -0.1) is 0 Å². The lowest BCUT2D eigenvalue weighted by Crippen LogP contribution is -2.50. The van der Waals surface area contributed by atoms with Crippen molar-refractivity contribution in [1.82, 2.24) is 9.88 Å². The average molecular weight is 397 g/mol. The second kappa shape index (κ2) is 8.53. The predicted molar refractivity (Wildman–Crippen MR) is 110 cm³/mol. The number of nitriles is 1. The summed E-state index contributed by atoms with van der Waals surface area (Å²) in [5.74, 6) is 0. The second-order valence-electron chi connectivity index (χ2n) is 7.52. The zero-order valence-electron chi connectivity index (χ0n) is 16.4. The number of pyridine rings is 1. The van der Waals surface area contributed by atoms with Crippen molar-refractivity contribution in [1.29, 1.82) is 5.26 Å². The largest absolute Gasteiger partial charge is 0.444 e. The SMILES string of the molecule is CC(C)(C)OC(=O)N1CCN(c2ccc(C#N)cc2Sc2ccccn2)CC1. The van der Waals surface area contributed by atoms with Gasteiger partial charge >= 0.3 is 6.09 Å². The molecule has 0 saturated carbocycles. The predicted octanol–water partition coefficient (Wildman–Crippen LogP) is 4.16. The molecule has 1 saturated heterocycles. The molecule has 28 heavy (non-hydrogen) atoms. The Balaban J connectivity index is 1.74. The van der Waals surface area contributed by atoms with Gasteiger partial charge in [0.1, 0.15) is 10.6 Å². The van der Waals surface area contributed by atoms with Gasteiger partial charge in [0.2, 0.25) is 0 Å². The van der Waals surface area contributed by atoms with E-state index in [2.05, 4.69) is 16.0 Å². The zero-order valence-corrected chi connectivity index (χ0v) is 17.2. The van der Waals surface area contributed by atoms with E-state index in [1.165, 1.54) is 0 Å². The fraction of sp³-hybridized carbons (Fsp3) is 0.381. The molecule has 3 rings (SSSR count). The molecule has 0 aliphatic carbocycles. The molecule has 0 radical (unpaired) electrons. The summed E-state index contributed by atoms with van der Waals surface area (Å²) in [6, 6.07) is 13.7. The van der Waals surface area contributed by atoms with Gasteiger partial charge in [0.05, 0.1) is 17.3 Å². The Morgan fingerprint density at radius 2 is 1.93 bits per heavy atom. The minimum atomic E-state index is -0.492.